The zero-order chi connectivity index (χ0) is 19.5. The summed E-state index contributed by atoms with van der Waals surface area (Å²) in [5, 5.41) is 4.20. The Morgan fingerprint density at radius 3 is 2.82 bits per heavy atom. The largest absolute Gasteiger partial charge is 0.355 e. The molecule has 1 aliphatic rings. The van der Waals surface area contributed by atoms with Crippen LogP contribution >= 0.6 is 0 Å². The van der Waals surface area contributed by atoms with Gasteiger partial charge < -0.3 is 15.2 Å². The van der Waals surface area contributed by atoms with Crippen LogP contribution in [0.4, 0.5) is 5.69 Å². The molecular weight excluding hydrogens is 350 g/mol. The molecule has 1 saturated heterocycles. The highest BCUT2D eigenvalue weighted by Gasteiger charge is 2.27. The average Bonchev–Trinajstić information content (AvgIpc) is 3.18. The van der Waals surface area contributed by atoms with Crippen LogP contribution in [0.5, 0.6) is 0 Å². The molecule has 1 fully saturated rings. The number of nitrogens with zero attached hydrogens (tertiary/aromatic N) is 1. The van der Waals surface area contributed by atoms with Crippen LogP contribution in [0, 0.1) is 5.92 Å². The summed E-state index contributed by atoms with van der Waals surface area (Å²) in [6.07, 6.45) is 2.18. The zero-order valence-corrected chi connectivity index (χ0v) is 16.1. The number of rotatable bonds is 4. The maximum absolute atomic E-state index is 12.8. The first-order valence-electron chi connectivity index (χ1n) is 9.91. The summed E-state index contributed by atoms with van der Waals surface area (Å²) in [6.45, 7) is 3.13. The summed E-state index contributed by atoms with van der Waals surface area (Å²) in [6, 6.07) is 18.1. The quantitative estimate of drug-likeness (QED) is 0.709. The predicted octanol–water partition coefficient (Wildman–Crippen LogP) is 4.42. The highest BCUT2D eigenvalue weighted by atomic mass is 16.2. The Bertz CT molecular complexity index is 975. The number of para-hydroxylation sites is 1. The number of hydrogen-bond donors (Lipinski definition) is 2. The first-order chi connectivity index (χ1) is 13.6. The van der Waals surface area contributed by atoms with E-state index in [1.165, 1.54) is 0 Å². The molecule has 144 valence electrons. The molecular formula is C23H25N3O2. The molecule has 1 atom stereocenters. The van der Waals surface area contributed by atoms with Crippen molar-refractivity contribution in [2.45, 2.75) is 26.2 Å². The standard InChI is InChI=1S/C23H25N3O2/c1-2-22(27)26-12-6-9-18(15-26)23(28)24-19-10-5-8-16(13-19)21-14-17-7-3-4-11-20(17)25-21/h3-5,7-8,10-11,13-14,18,25H,2,6,9,12,15H2,1H3,(H,24,28). The third-order valence-electron chi connectivity index (χ3n) is 5.42. The van der Waals surface area contributed by atoms with E-state index in [1.807, 2.05) is 48.2 Å². The molecule has 0 aliphatic carbocycles. The van der Waals surface area contributed by atoms with Crippen LogP contribution in [-0.4, -0.2) is 34.8 Å². The van der Waals surface area contributed by atoms with E-state index in [0.717, 1.165) is 47.2 Å². The number of carbonyl (C=O) groups is 2. The van der Waals surface area contributed by atoms with Crippen molar-refractivity contribution in [2.75, 3.05) is 18.4 Å². The number of fused-ring (bicyclic) bond motifs is 1. The lowest BCUT2D eigenvalue weighted by atomic mass is 9.96. The molecule has 2 amide bonds. The summed E-state index contributed by atoms with van der Waals surface area (Å²) >= 11 is 0. The van der Waals surface area contributed by atoms with Gasteiger partial charge in [0.25, 0.3) is 0 Å². The normalized spacial score (nSPS) is 16.9. The van der Waals surface area contributed by atoms with Gasteiger partial charge in [-0.25, -0.2) is 0 Å². The van der Waals surface area contributed by atoms with Crippen molar-refractivity contribution in [2.24, 2.45) is 5.92 Å². The molecule has 3 aromatic rings. The molecule has 0 spiro atoms. The molecule has 2 heterocycles. The molecule has 0 saturated carbocycles. The van der Waals surface area contributed by atoms with Gasteiger partial charge in [0.2, 0.25) is 11.8 Å². The molecule has 5 heteroatoms. The van der Waals surface area contributed by atoms with Crippen LogP contribution < -0.4 is 5.32 Å². The Morgan fingerprint density at radius 1 is 1.14 bits per heavy atom. The van der Waals surface area contributed by atoms with Crippen molar-refractivity contribution in [1.29, 1.82) is 0 Å². The molecule has 1 aliphatic heterocycles. The Kier molecular flexibility index (Phi) is 5.15. The highest BCUT2D eigenvalue weighted by molar-refractivity contribution is 5.94. The van der Waals surface area contributed by atoms with Crippen molar-refractivity contribution in [3.05, 3.63) is 54.6 Å². The Morgan fingerprint density at radius 2 is 2.00 bits per heavy atom. The van der Waals surface area contributed by atoms with E-state index in [2.05, 4.69) is 28.5 Å². The third-order valence-corrected chi connectivity index (χ3v) is 5.42. The van der Waals surface area contributed by atoms with Crippen molar-refractivity contribution in [3.8, 4) is 11.3 Å². The minimum atomic E-state index is -0.152. The number of H-pyrrole nitrogens is 1. The van der Waals surface area contributed by atoms with Crippen LogP contribution in [0.1, 0.15) is 26.2 Å². The predicted molar refractivity (Wildman–Crippen MR) is 112 cm³/mol. The molecule has 2 aromatic carbocycles. The minimum Gasteiger partial charge on any atom is -0.355 e. The zero-order valence-electron chi connectivity index (χ0n) is 16.1. The highest BCUT2D eigenvalue weighted by Crippen LogP contribution is 2.27. The summed E-state index contributed by atoms with van der Waals surface area (Å²) < 4.78 is 0. The van der Waals surface area contributed by atoms with Gasteiger partial charge in [0.1, 0.15) is 0 Å². The van der Waals surface area contributed by atoms with Gasteiger partial charge in [0.15, 0.2) is 0 Å². The lowest BCUT2D eigenvalue weighted by Crippen LogP contribution is -2.43. The number of nitrogens with one attached hydrogen (secondary N) is 2. The van der Waals surface area contributed by atoms with Crippen LogP contribution in [0.25, 0.3) is 22.2 Å². The SMILES string of the molecule is CCC(=O)N1CCCC(C(=O)Nc2cccc(-c3cc4ccccc4[nH]3)c2)C1. The fourth-order valence-electron chi connectivity index (χ4n) is 3.88. The second-order valence-electron chi connectivity index (χ2n) is 7.37. The maximum Gasteiger partial charge on any atom is 0.229 e. The number of carbonyl (C=O) groups excluding carboxylic acids is 2. The van der Waals surface area contributed by atoms with Gasteiger partial charge >= 0.3 is 0 Å². The average molecular weight is 375 g/mol. The monoisotopic (exact) mass is 375 g/mol. The van der Waals surface area contributed by atoms with Crippen LogP contribution in [0.3, 0.4) is 0 Å². The summed E-state index contributed by atoms with van der Waals surface area (Å²) in [5.74, 6) is -0.0401. The van der Waals surface area contributed by atoms with Crippen LogP contribution in [0.2, 0.25) is 0 Å². The van der Waals surface area contributed by atoms with Gasteiger partial charge in [0, 0.05) is 47.4 Å². The molecule has 0 bridgehead atoms. The molecule has 1 aromatic heterocycles. The summed E-state index contributed by atoms with van der Waals surface area (Å²) in [7, 11) is 0. The Labute approximate surface area is 164 Å². The number of benzene rings is 2. The number of piperidine rings is 1. The lowest BCUT2D eigenvalue weighted by molar-refractivity contribution is -0.134. The second kappa shape index (κ2) is 7.89. The van der Waals surface area contributed by atoms with Crippen molar-refractivity contribution < 1.29 is 9.59 Å². The first kappa shape index (κ1) is 18.3. The van der Waals surface area contributed by atoms with E-state index < -0.39 is 0 Å². The third kappa shape index (κ3) is 3.79. The van der Waals surface area contributed by atoms with E-state index in [0.29, 0.717) is 13.0 Å². The number of aromatic amines is 1. The maximum atomic E-state index is 12.8. The van der Waals surface area contributed by atoms with Crippen molar-refractivity contribution >= 4 is 28.4 Å². The Balaban J connectivity index is 1.48. The van der Waals surface area contributed by atoms with E-state index in [4.69, 9.17) is 0 Å². The first-order valence-corrected chi connectivity index (χ1v) is 9.91. The van der Waals surface area contributed by atoms with Gasteiger partial charge in [0.05, 0.1) is 5.92 Å². The molecule has 0 radical (unpaired) electrons. The molecule has 5 nitrogen and oxygen atoms in total. The number of likely N-dealkylation sites (tertiary alicyclic amines) is 1. The Hall–Kier alpha value is -3.08. The molecule has 28 heavy (non-hydrogen) atoms. The van der Waals surface area contributed by atoms with E-state index in [9.17, 15) is 9.59 Å². The van der Waals surface area contributed by atoms with Gasteiger partial charge in [-0.3, -0.25) is 9.59 Å². The lowest BCUT2D eigenvalue weighted by Gasteiger charge is -2.31. The number of aromatic nitrogens is 1. The van der Waals surface area contributed by atoms with Gasteiger partial charge in [-0.2, -0.15) is 0 Å². The molecule has 2 N–H and O–H groups in total. The van der Waals surface area contributed by atoms with Crippen LogP contribution in [0.15, 0.2) is 54.6 Å². The number of anilines is 1. The topological polar surface area (TPSA) is 65.2 Å². The second-order valence-corrected chi connectivity index (χ2v) is 7.37. The molecule has 1 unspecified atom stereocenters. The van der Waals surface area contributed by atoms with E-state index in [1.54, 1.807) is 0 Å². The summed E-state index contributed by atoms with van der Waals surface area (Å²) in [4.78, 5) is 30.0. The number of amides is 2. The van der Waals surface area contributed by atoms with Crippen molar-refractivity contribution in [3.63, 3.8) is 0 Å². The fourth-order valence-corrected chi connectivity index (χ4v) is 3.88. The number of hydrogen-bond acceptors (Lipinski definition) is 2. The van der Waals surface area contributed by atoms with Gasteiger partial charge in [-0.05, 0) is 37.1 Å². The minimum absolute atomic E-state index is 0.0117. The van der Waals surface area contributed by atoms with Crippen molar-refractivity contribution in [1.82, 2.24) is 9.88 Å². The smallest absolute Gasteiger partial charge is 0.229 e. The van der Waals surface area contributed by atoms with Crippen LogP contribution in [-0.2, 0) is 9.59 Å². The van der Waals surface area contributed by atoms with Gasteiger partial charge in [-0.1, -0.05) is 37.3 Å². The van der Waals surface area contributed by atoms with E-state index in [-0.39, 0.29) is 17.7 Å². The van der Waals surface area contributed by atoms with Gasteiger partial charge in [-0.15, -0.1) is 0 Å². The fraction of sp³-hybridized carbons (Fsp3) is 0.304. The molecule has 4 rings (SSSR count). The van der Waals surface area contributed by atoms with E-state index >= 15 is 0 Å². The summed E-state index contributed by atoms with van der Waals surface area (Å²) in [5.41, 5.74) is 3.92.